The summed E-state index contributed by atoms with van der Waals surface area (Å²) in [4.78, 5) is 37.9. The number of aliphatic carboxylic acids is 1. The number of nitrogens with two attached hydrogens (primary N) is 1. The summed E-state index contributed by atoms with van der Waals surface area (Å²) in [5, 5.41) is 9.22. The zero-order chi connectivity index (χ0) is 14.7. The molecule has 0 bridgehead atoms. The summed E-state index contributed by atoms with van der Waals surface area (Å²) >= 11 is 0. The molecule has 7 nitrogen and oxygen atoms in total. The summed E-state index contributed by atoms with van der Waals surface area (Å²) in [5.74, 6) is -1.42. The van der Waals surface area contributed by atoms with Crippen molar-refractivity contribution in [2.24, 2.45) is 11.7 Å². The molecule has 0 aromatic heterocycles. The lowest BCUT2D eigenvalue weighted by Gasteiger charge is -2.38. The molecule has 112 valence electrons. The molecule has 0 aliphatic carbocycles. The Morgan fingerprint density at radius 2 is 1.80 bits per heavy atom. The first-order chi connectivity index (χ1) is 9.50. The van der Waals surface area contributed by atoms with Gasteiger partial charge in [0.2, 0.25) is 5.91 Å². The second-order valence-corrected chi connectivity index (χ2v) is 5.50. The van der Waals surface area contributed by atoms with Crippen molar-refractivity contribution in [1.82, 2.24) is 9.80 Å². The molecule has 2 rings (SSSR count). The Kier molecular flexibility index (Phi) is 4.46. The third kappa shape index (κ3) is 3.02. The van der Waals surface area contributed by atoms with Gasteiger partial charge in [-0.25, -0.2) is 9.59 Å². The van der Waals surface area contributed by atoms with Gasteiger partial charge in [-0.15, -0.1) is 0 Å². The molecule has 1 unspecified atom stereocenters. The number of nitrogens with zero attached hydrogens (tertiary/aromatic N) is 2. The van der Waals surface area contributed by atoms with E-state index >= 15 is 0 Å². The van der Waals surface area contributed by atoms with Gasteiger partial charge >= 0.3 is 12.0 Å². The average Bonchev–Trinajstić information content (AvgIpc) is 2.46. The second-order valence-electron chi connectivity index (χ2n) is 5.50. The molecule has 0 aromatic carbocycles. The molecule has 20 heavy (non-hydrogen) atoms. The zero-order valence-corrected chi connectivity index (χ0v) is 11.5. The van der Waals surface area contributed by atoms with Crippen LogP contribution in [0.5, 0.6) is 0 Å². The highest BCUT2D eigenvalue weighted by atomic mass is 16.4. The lowest BCUT2D eigenvalue weighted by Crippen LogP contribution is -2.53. The normalized spacial score (nSPS) is 27.2. The van der Waals surface area contributed by atoms with Gasteiger partial charge in [-0.05, 0) is 32.1 Å². The van der Waals surface area contributed by atoms with Gasteiger partial charge < -0.3 is 20.6 Å². The number of likely N-dealkylation sites (tertiary alicyclic amines) is 2. The minimum absolute atomic E-state index is 0.150. The van der Waals surface area contributed by atoms with Gasteiger partial charge in [-0.2, -0.15) is 0 Å². The van der Waals surface area contributed by atoms with E-state index in [9.17, 15) is 19.5 Å². The van der Waals surface area contributed by atoms with E-state index in [0.717, 1.165) is 19.3 Å². The van der Waals surface area contributed by atoms with Gasteiger partial charge in [0, 0.05) is 19.6 Å². The van der Waals surface area contributed by atoms with Gasteiger partial charge in [0.1, 0.15) is 6.04 Å². The molecular formula is C13H21N3O4. The van der Waals surface area contributed by atoms with E-state index in [4.69, 9.17) is 5.73 Å². The molecule has 3 amide bonds. The molecule has 0 saturated carbocycles. The first kappa shape index (κ1) is 14.6. The van der Waals surface area contributed by atoms with Crippen molar-refractivity contribution >= 4 is 17.9 Å². The van der Waals surface area contributed by atoms with E-state index < -0.39 is 18.0 Å². The highest BCUT2D eigenvalue weighted by Crippen LogP contribution is 2.24. The Bertz CT molecular complexity index is 412. The van der Waals surface area contributed by atoms with E-state index in [2.05, 4.69) is 0 Å². The van der Waals surface area contributed by atoms with Gasteiger partial charge in [-0.3, -0.25) is 4.79 Å². The van der Waals surface area contributed by atoms with Crippen LogP contribution in [-0.2, 0) is 9.59 Å². The smallest absolute Gasteiger partial charge is 0.326 e. The molecule has 2 atom stereocenters. The molecule has 2 aliphatic heterocycles. The standard InChI is InChI=1S/C13H21N3O4/c14-13(20)15-6-3-4-9(8-15)11(17)16-7-2-1-5-10(16)12(18)19/h9-10H,1-8H2,(H2,14,20)(H,18,19)/t9?,10-/m0/s1. The summed E-state index contributed by atoms with van der Waals surface area (Å²) in [6.07, 6.45) is 3.59. The van der Waals surface area contributed by atoms with Gasteiger partial charge in [0.05, 0.1) is 5.92 Å². The Labute approximate surface area is 117 Å². The van der Waals surface area contributed by atoms with E-state index in [0.29, 0.717) is 32.5 Å². The maximum atomic E-state index is 12.5. The molecule has 0 radical (unpaired) electrons. The van der Waals surface area contributed by atoms with Crippen LogP contribution in [0, 0.1) is 5.92 Å². The van der Waals surface area contributed by atoms with Crippen molar-refractivity contribution in [2.75, 3.05) is 19.6 Å². The van der Waals surface area contributed by atoms with Crippen LogP contribution in [0.3, 0.4) is 0 Å². The number of hydrogen-bond donors (Lipinski definition) is 2. The fourth-order valence-corrected chi connectivity index (χ4v) is 3.07. The van der Waals surface area contributed by atoms with Crippen LogP contribution in [0.25, 0.3) is 0 Å². The highest BCUT2D eigenvalue weighted by molar-refractivity contribution is 5.86. The summed E-state index contributed by atoms with van der Waals surface area (Å²) in [7, 11) is 0. The van der Waals surface area contributed by atoms with Crippen LogP contribution >= 0.6 is 0 Å². The van der Waals surface area contributed by atoms with Crippen LogP contribution in [0.2, 0.25) is 0 Å². The molecule has 7 heteroatoms. The molecule has 2 fully saturated rings. The van der Waals surface area contributed by atoms with E-state index in [1.807, 2.05) is 0 Å². The maximum Gasteiger partial charge on any atom is 0.326 e. The molecule has 2 saturated heterocycles. The third-order valence-electron chi connectivity index (χ3n) is 4.15. The second kappa shape index (κ2) is 6.11. The minimum Gasteiger partial charge on any atom is -0.480 e. The van der Waals surface area contributed by atoms with Crippen molar-refractivity contribution in [2.45, 2.75) is 38.1 Å². The topological polar surface area (TPSA) is 104 Å². The van der Waals surface area contributed by atoms with Crippen LogP contribution in [0.15, 0.2) is 0 Å². The number of carbonyl (C=O) groups excluding carboxylic acids is 2. The van der Waals surface area contributed by atoms with E-state index in [1.165, 1.54) is 9.80 Å². The summed E-state index contributed by atoms with van der Waals surface area (Å²) in [6.45, 7) is 1.36. The summed E-state index contributed by atoms with van der Waals surface area (Å²) < 4.78 is 0. The van der Waals surface area contributed by atoms with Crippen molar-refractivity contribution < 1.29 is 19.5 Å². The fourth-order valence-electron chi connectivity index (χ4n) is 3.07. The fraction of sp³-hybridized carbons (Fsp3) is 0.769. The summed E-state index contributed by atoms with van der Waals surface area (Å²) in [6, 6.07) is -1.24. The lowest BCUT2D eigenvalue weighted by molar-refractivity contribution is -0.154. The number of urea groups is 1. The number of primary amides is 1. The van der Waals surface area contributed by atoms with Crippen molar-refractivity contribution in [3.63, 3.8) is 0 Å². The maximum absolute atomic E-state index is 12.5. The van der Waals surface area contributed by atoms with Crippen molar-refractivity contribution in [3.8, 4) is 0 Å². The highest BCUT2D eigenvalue weighted by Gasteiger charge is 2.37. The number of carboxylic acids is 1. The molecule has 0 spiro atoms. The SMILES string of the molecule is NC(=O)N1CCCC(C(=O)N2CCCC[C@H]2C(=O)O)C1. The number of carbonyl (C=O) groups is 3. The molecule has 0 aromatic rings. The monoisotopic (exact) mass is 283 g/mol. The third-order valence-corrected chi connectivity index (χ3v) is 4.15. The Morgan fingerprint density at radius 3 is 2.45 bits per heavy atom. The number of piperidine rings is 2. The minimum atomic E-state index is -0.944. The molecule has 3 N–H and O–H groups in total. The van der Waals surface area contributed by atoms with Crippen LogP contribution in [0.1, 0.15) is 32.1 Å². The van der Waals surface area contributed by atoms with Crippen molar-refractivity contribution in [3.05, 3.63) is 0 Å². The molecule has 2 aliphatic rings. The van der Waals surface area contributed by atoms with E-state index in [-0.39, 0.29) is 11.8 Å². The Hall–Kier alpha value is -1.79. The van der Waals surface area contributed by atoms with Gasteiger partial charge in [0.15, 0.2) is 0 Å². The van der Waals surface area contributed by atoms with E-state index in [1.54, 1.807) is 0 Å². The predicted octanol–water partition coefficient (Wildman–Crippen LogP) is 0.243. The number of carboxylic acid groups (broad SMARTS) is 1. The number of hydrogen-bond acceptors (Lipinski definition) is 3. The van der Waals surface area contributed by atoms with Crippen LogP contribution < -0.4 is 5.73 Å². The summed E-state index contributed by atoms with van der Waals surface area (Å²) in [5.41, 5.74) is 5.25. The lowest BCUT2D eigenvalue weighted by atomic mass is 9.93. The molecular weight excluding hydrogens is 262 g/mol. The van der Waals surface area contributed by atoms with Gasteiger partial charge in [0.25, 0.3) is 0 Å². The first-order valence-corrected chi connectivity index (χ1v) is 7.08. The Morgan fingerprint density at radius 1 is 1.05 bits per heavy atom. The average molecular weight is 283 g/mol. The van der Waals surface area contributed by atoms with Crippen LogP contribution in [0.4, 0.5) is 4.79 Å². The quantitative estimate of drug-likeness (QED) is 0.757. The first-order valence-electron chi connectivity index (χ1n) is 7.08. The Balaban J connectivity index is 2.05. The number of amides is 3. The number of rotatable bonds is 2. The van der Waals surface area contributed by atoms with Crippen molar-refractivity contribution in [1.29, 1.82) is 0 Å². The zero-order valence-electron chi connectivity index (χ0n) is 11.5. The van der Waals surface area contributed by atoms with Gasteiger partial charge in [-0.1, -0.05) is 0 Å². The largest absolute Gasteiger partial charge is 0.480 e. The van der Waals surface area contributed by atoms with Crippen LogP contribution in [-0.4, -0.2) is 58.5 Å². The predicted molar refractivity (Wildman–Crippen MR) is 70.9 cm³/mol. The molecule has 2 heterocycles.